The number of primary amides is 1. The van der Waals surface area contributed by atoms with Crippen LogP contribution < -0.4 is 11.1 Å². The van der Waals surface area contributed by atoms with Gasteiger partial charge < -0.3 is 16.0 Å². The van der Waals surface area contributed by atoms with Gasteiger partial charge >= 0.3 is 6.18 Å². The van der Waals surface area contributed by atoms with Crippen molar-refractivity contribution in [1.29, 1.82) is 0 Å². The Balaban J connectivity index is 1.90. The van der Waals surface area contributed by atoms with Crippen molar-refractivity contribution in [2.75, 3.05) is 20.1 Å². The van der Waals surface area contributed by atoms with E-state index in [1.54, 1.807) is 12.1 Å². The molecule has 7 heteroatoms. The molecule has 0 aromatic heterocycles. The second-order valence-corrected chi connectivity index (χ2v) is 6.84. The fourth-order valence-corrected chi connectivity index (χ4v) is 3.98. The SMILES string of the molecule is CN1CCC([C@H](C2NCc3cc(C(N)=O)ccc32)C(F)(F)F)CC1. The highest BCUT2D eigenvalue weighted by atomic mass is 19.4. The number of carbonyl (C=O) groups excluding carboxylic acids is 1. The Kier molecular flexibility index (Phi) is 4.57. The Morgan fingerprint density at radius 1 is 1.33 bits per heavy atom. The van der Waals surface area contributed by atoms with Crippen LogP contribution >= 0.6 is 0 Å². The minimum atomic E-state index is -4.26. The summed E-state index contributed by atoms with van der Waals surface area (Å²) in [6, 6.07) is 3.99. The molecule has 2 aliphatic rings. The molecule has 1 aromatic carbocycles. The van der Waals surface area contributed by atoms with Gasteiger partial charge in [-0.1, -0.05) is 6.07 Å². The van der Waals surface area contributed by atoms with E-state index < -0.39 is 24.0 Å². The Labute approximate surface area is 139 Å². The summed E-state index contributed by atoms with van der Waals surface area (Å²) in [6.07, 6.45) is -3.16. The molecule has 2 aliphatic heterocycles. The average molecular weight is 341 g/mol. The highest BCUT2D eigenvalue weighted by Gasteiger charge is 2.51. The number of nitrogens with one attached hydrogen (secondary N) is 1. The van der Waals surface area contributed by atoms with Gasteiger partial charge in [-0.05, 0) is 62.2 Å². The third-order valence-corrected chi connectivity index (χ3v) is 5.28. The number of nitrogens with zero attached hydrogens (tertiary/aromatic N) is 1. The lowest BCUT2D eigenvalue weighted by Crippen LogP contribution is -2.43. The Morgan fingerprint density at radius 2 is 2.00 bits per heavy atom. The third kappa shape index (κ3) is 3.28. The van der Waals surface area contributed by atoms with Gasteiger partial charge in [0.05, 0.1) is 5.92 Å². The Hall–Kier alpha value is -1.60. The Morgan fingerprint density at radius 3 is 2.58 bits per heavy atom. The van der Waals surface area contributed by atoms with Crippen molar-refractivity contribution in [3.05, 3.63) is 34.9 Å². The molecule has 0 saturated carbocycles. The van der Waals surface area contributed by atoms with Gasteiger partial charge in [0.1, 0.15) is 0 Å². The second kappa shape index (κ2) is 6.37. The summed E-state index contributed by atoms with van der Waals surface area (Å²) in [5, 5.41) is 3.02. The minimum Gasteiger partial charge on any atom is -0.366 e. The van der Waals surface area contributed by atoms with Gasteiger partial charge in [0.15, 0.2) is 0 Å². The first-order valence-corrected chi connectivity index (χ1v) is 8.18. The van der Waals surface area contributed by atoms with Gasteiger partial charge in [0, 0.05) is 18.2 Å². The molecule has 3 rings (SSSR count). The van der Waals surface area contributed by atoms with Gasteiger partial charge in [0.2, 0.25) is 5.91 Å². The molecule has 2 atom stereocenters. The molecule has 24 heavy (non-hydrogen) atoms. The molecule has 0 bridgehead atoms. The smallest absolute Gasteiger partial charge is 0.366 e. The van der Waals surface area contributed by atoms with E-state index in [0.29, 0.717) is 43.6 Å². The summed E-state index contributed by atoms with van der Waals surface area (Å²) < 4.78 is 41.5. The van der Waals surface area contributed by atoms with Crippen molar-refractivity contribution in [2.24, 2.45) is 17.6 Å². The van der Waals surface area contributed by atoms with Crippen LogP contribution in [0, 0.1) is 11.8 Å². The van der Waals surface area contributed by atoms with Gasteiger partial charge in [-0.15, -0.1) is 0 Å². The molecule has 3 N–H and O–H groups in total. The minimum absolute atomic E-state index is 0.332. The fraction of sp³-hybridized carbons (Fsp3) is 0.588. The highest BCUT2D eigenvalue weighted by molar-refractivity contribution is 5.93. The van der Waals surface area contributed by atoms with Crippen LogP contribution in [-0.2, 0) is 6.54 Å². The van der Waals surface area contributed by atoms with Crippen molar-refractivity contribution in [3.63, 3.8) is 0 Å². The average Bonchev–Trinajstić information content (AvgIpc) is 2.91. The van der Waals surface area contributed by atoms with Crippen molar-refractivity contribution < 1.29 is 18.0 Å². The van der Waals surface area contributed by atoms with E-state index in [4.69, 9.17) is 5.73 Å². The molecule has 1 saturated heterocycles. The first kappa shape index (κ1) is 17.2. The van der Waals surface area contributed by atoms with Crippen LogP contribution in [0.2, 0.25) is 0 Å². The maximum absolute atomic E-state index is 13.8. The molecule has 1 unspecified atom stereocenters. The van der Waals surface area contributed by atoms with Gasteiger partial charge in [-0.3, -0.25) is 4.79 Å². The molecule has 4 nitrogen and oxygen atoms in total. The van der Waals surface area contributed by atoms with Gasteiger partial charge in [0.25, 0.3) is 0 Å². The van der Waals surface area contributed by atoms with Crippen LogP contribution in [0.4, 0.5) is 13.2 Å². The van der Waals surface area contributed by atoms with E-state index in [1.165, 1.54) is 6.07 Å². The summed E-state index contributed by atoms with van der Waals surface area (Å²) in [5.74, 6) is -2.36. The van der Waals surface area contributed by atoms with E-state index in [0.717, 1.165) is 5.56 Å². The third-order valence-electron chi connectivity index (χ3n) is 5.28. The summed E-state index contributed by atoms with van der Waals surface area (Å²) in [7, 11) is 1.94. The van der Waals surface area contributed by atoms with Crippen LogP contribution in [0.15, 0.2) is 18.2 Å². The van der Waals surface area contributed by atoms with Crippen LogP contribution in [0.3, 0.4) is 0 Å². The summed E-state index contributed by atoms with van der Waals surface area (Å²) in [5.41, 5.74) is 6.96. The number of fused-ring (bicyclic) bond motifs is 1. The number of rotatable bonds is 3. The molecule has 0 radical (unpaired) electrons. The zero-order valence-electron chi connectivity index (χ0n) is 13.6. The number of likely N-dealkylation sites (tertiary alicyclic amines) is 1. The molecule has 0 aliphatic carbocycles. The molecule has 1 amide bonds. The zero-order valence-corrected chi connectivity index (χ0v) is 13.6. The number of hydrogen-bond acceptors (Lipinski definition) is 3. The van der Waals surface area contributed by atoms with Crippen LogP contribution in [0.1, 0.15) is 40.4 Å². The highest BCUT2D eigenvalue weighted by Crippen LogP contribution is 2.47. The van der Waals surface area contributed by atoms with Gasteiger partial charge in [-0.25, -0.2) is 0 Å². The van der Waals surface area contributed by atoms with E-state index in [1.807, 2.05) is 7.05 Å². The zero-order chi connectivity index (χ0) is 17.5. The largest absolute Gasteiger partial charge is 0.393 e. The van der Waals surface area contributed by atoms with E-state index in [2.05, 4.69) is 10.2 Å². The number of carbonyl (C=O) groups is 1. The van der Waals surface area contributed by atoms with E-state index in [-0.39, 0.29) is 5.92 Å². The predicted molar refractivity (Wildman–Crippen MR) is 84.3 cm³/mol. The van der Waals surface area contributed by atoms with Crippen LogP contribution in [-0.4, -0.2) is 37.1 Å². The second-order valence-electron chi connectivity index (χ2n) is 6.84. The van der Waals surface area contributed by atoms with Crippen LogP contribution in [0.5, 0.6) is 0 Å². The van der Waals surface area contributed by atoms with Crippen LogP contribution in [0.25, 0.3) is 0 Å². The number of alkyl halides is 3. The quantitative estimate of drug-likeness (QED) is 0.888. The molecular formula is C17H22F3N3O. The van der Waals surface area contributed by atoms with Crippen molar-refractivity contribution >= 4 is 5.91 Å². The number of halogens is 3. The Bertz CT molecular complexity index is 624. The molecule has 132 valence electrons. The molecular weight excluding hydrogens is 319 g/mol. The lowest BCUT2D eigenvalue weighted by Gasteiger charge is -2.38. The monoisotopic (exact) mass is 341 g/mol. The first-order chi connectivity index (χ1) is 11.3. The first-order valence-electron chi connectivity index (χ1n) is 8.18. The maximum Gasteiger partial charge on any atom is 0.393 e. The number of nitrogens with two attached hydrogens (primary N) is 1. The number of piperidine rings is 1. The lowest BCUT2D eigenvalue weighted by molar-refractivity contribution is -0.201. The maximum atomic E-state index is 13.8. The topological polar surface area (TPSA) is 58.4 Å². The predicted octanol–water partition coefficient (Wildman–Crippen LogP) is 2.45. The number of benzene rings is 1. The fourth-order valence-electron chi connectivity index (χ4n) is 3.98. The summed E-state index contributed by atoms with van der Waals surface area (Å²) in [4.78, 5) is 13.3. The van der Waals surface area contributed by atoms with E-state index in [9.17, 15) is 18.0 Å². The standard InChI is InChI=1S/C17H22F3N3O/c1-23-6-4-10(5-7-23)14(17(18,19)20)15-13-3-2-11(16(21)24)8-12(13)9-22-15/h2-3,8,10,14-15,22H,4-7,9H2,1H3,(H2,21,24)/t14-,15?/m1/s1. The van der Waals surface area contributed by atoms with Gasteiger partial charge in [-0.2, -0.15) is 13.2 Å². The normalized spacial score (nSPS) is 23.9. The molecule has 2 heterocycles. The van der Waals surface area contributed by atoms with Crippen molar-refractivity contribution in [1.82, 2.24) is 10.2 Å². The van der Waals surface area contributed by atoms with Crippen molar-refractivity contribution in [3.8, 4) is 0 Å². The summed E-state index contributed by atoms with van der Waals surface area (Å²) in [6.45, 7) is 1.72. The molecule has 1 fully saturated rings. The summed E-state index contributed by atoms with van der Waals surface area (Å²) >= 11 is 0. The number of hydrogen-bond donors (Lipinski definition) is 2. The molecule has 0 spiro atoms. The lowest BCUT2D eigenvalue weighted by atomic mass is 9.77. The molecule has 1 aromatic rings. The van der Waals surface area contributed by atoms with Crippen molar-refractivity contribution in [2.45, 2.75) is 31.6 Å². The van der Waals surface area contributed by atoms with E-state index >= 15 is 0 Å². The number of amides is 1.